The minimum absolute atomic E-state index is 0.331. The molecule has 0 saturated carbocycles. The number of aromatic nitrogens is 1. The second kappa shape index (κ2) is 5.79. The fourth-order valence-electron chi connectivity index (χ4n) is 2.11. The van der Waals surface area contributed by atoms with Gasteiger partial charge in [0.1, 0.15) is 16.0 Å². The number of piperazine rings is 1. The first-order chi connectivity index (χ1) is 8.60. The van der Waals surface area contributed by atoms with Gasteiger partial charge in [-0.05, 0) is 13.0 Å². The first-order valence-electron chi connectivity index (χ1n) is 6.40. The van der Waals surface area contributed by atoms with Gasteiger partial charge in [-0.3, -0.25) is 4.90 Å². The van der Waals surface area contributed by atoms with Crippen LogP contribution in [0.5, 0.6) is 0 Å². The number of likely N-dealkylation sites (N-methyl/N-ethyl adjacent to an activating group) is 1. The molecule has 0 amide bonds. The molecular formula is C13H20N4S. The lowest BCUT2D eigenvalue weighted by Gasteiger charge is -2.31. The number of hydrogen-bond donors (Lipinski definition) is 0. The standard InChI is InChI=1S/C13H20N4S/c1-10(2)13-11(8-14)18-12(15-13)9-17-6-4-16(3)5-7-17/h10H,4-7,9H2,1-3H3. The molecule has 0 spiro atoms. The Morgan fingerprint density at radius 2 is 2.00 bits per heavy atom. The fourth-order valence-corrected chi connectivity index (χ4v) is 3.17. The van der Waals surface area contributed by atoms with Crippen LogP contribution in [0.2, 0.25) is 0 Å². The van der Waals surface area contributed by atoms with E-state index in [-0.39, 0.29) is 0 Å². The Balaban J connectivity index is 2.04. The van der Waals surface area contributed by atoms with Crippen LogP contribution in [0.15, 0.2) is 0 Å². The molecular weight excluding hydrogens is 244 g/mol. The van der Waals surface area contributed by atoms with E-state index in [1.807, 2.05) is 0 Å². The van der Waals surface area contributed by atoms with Gasteiger partial charge in [-0.2, -0.15) is 5.26 Å². The van der Waals surface area contributed by atoms with Crippen molar-refractivity contribution in [3.63, 3.8) is 0 Å². The molecule has 1 aromatic rings. The summed E-state index contributed by atoms with van der Waals surface area (Å²) in [4.78, 5) is 10.2. The van der Waals surface area contributed by atoms with Gasteiger partial charge in [-0.1, -0.05) is 13.8 Å². The van der Waals surface area contributed by atoms with Crippen LogP contribution in [-0.4, -0.2) is 48.0 Å². The van der Waals surface area contributed by atoms with Crippen LogP contribution in [0.25, 0.3) is 0 Å². The summed E-state index contributed by atoms with van der Waals surface area (Å²) in [6.45, 7) is 9.50. The summed E-state index contributed by atoms with van der Waals surface area (Å²) in [5, 5.41) is 10.2. The highest BCUT2D eigenvalue weighted by Crippen LogP contribution is 2.25. The normalized spacial score (nSPS) is 18.2. The molecule has 5 heteroatoms. The van der Waals surface area contributed by atoms with Gasteiger partial charge in [0.05, 0.1) is 12.2 Å². The summed E-state index contributed by atoms with van der Waals surface area (Å²) in [5.74, 6) is 0.331. The third kappa shape index (κ3) is 3.08. The average Bonchev–Trinajstić information content (AvgIpc) is 2.75. The number of nitrogens with zero attached hydrogens (tertiary/aromatic N) is 4. The zero-order valence-corrected chi connectivity index (χ0v) is 12.1. The Kier molecular flexibility index (Phi) is 4.33. The summed E-state index contributed by atoms with van der Waals surface area (Å²) in [7, 11) is 2.16. The van der Waals surface area contributed by atoms with Gasteiger partial charge < -0.3 is 4.90 Å². The van der Waals surface area contributed by atoms with E-state index >= 15 is 0 Å². The van der Waals surface area contributed by atoms with Crippen molar-refractivity contribution in [2.24, 2.45) is 0 Å². The van der Waals surface area contributed by atoms with Crippen LogP contribution >= 0.6 is 11.3 Å². The molecule has 0 radical (unpaired) electrons. The van der Waals surface area contributed by atoms with Crippen molar-refractivity contribution in [3.05, 3.63) is 15.6 Å². The topological polar surface area (TPSA) is 43.2 Å². The van der Waals surface area contributed by atoms with Gasteiger partial charge in [0.15, 0.2) is 0 Å². The van der Waals surface area contributed by atoms with Crippen molar-refractivity contribution >= 4 is 11.3 Å². The molecule has 98 valence electrons. The minimum Gasteiger partial charge on any atom is -0.304 e. The van der Waals surface area contributed by atoms with E-state index in [1.165, 1.54) is 0 Å². The van der Waals surface area contributed by atoms with Gasteiger partial charge in [0.25, 0.3) is 0 Å². The molecule has 2 heterocycles. The molecule has 0 N–H and O–H groups in total. The Bertz CT molecular complexity index is 438. The van der Waals surface area contributed by atoms with Crippen molar-refractivity contribution in [2.45, 2.75) is 26.3 Å². The van der Waals surface area contributed by atoms with Crippen molar-refractivity contribution in [1.82, 2.24) is 14.8 Å². The van der Waals surface area contributed by atoms with E-state index in [4.69, 9.17) is 5.26 Å². The van der Waals surface area contributed by atoms with Crippen molar-refractivity contribution < 1.29 is 0 Å². The smallest absolute Gasteiger partial charge is 0.128 e. The molecule has 0 aromatic carbocycles. The third-order valence-corrected chi connectivity index (χ3v) is 4.26. The SMILES string of the molecule is CC(C)c1nc(CN2CCN(C)CC2)sc1C#N. The molecule has 4 nitrogen and oxygen atoms in total. The van der Waals surface area contributed by atoms with Crippen LogP contribution in [0.1, 0.15) is 35.3 Å². The first-order valence-corrected chi connectivity index (χ1v) is 7.22. The molecule has 1 saturated heterocycles. The summed E-state index contributed by atoms with van der Waals surface area (Å²) < 4.78 is 0. The van der Waals surface area contributed by atoms with E-state index in [2.05, 4.69) is 41.7 Å². The maximum absolute atomic E-state index is 9.12. The quantitative estimate of drug-likeness (QED) is 0.836. The molecule has 18 heavy (non-hydrogen) atoms. The van der Waals surface area contributed by atoms with Crippen molar-refractivity contribution in [1.29, 1.82) is 5.26 Å². The van der Waals surface area contributed by atoms with Crippen LogP contribution in [-0.2, 0) is 6.54 Å². The minimum atomic E-state index is 0.331. The zero-order valence-electron chi connectivity index (χ0n) is 11.3. The van der Waals surface area contributed by atoms with Gasteiger partial charge >= 0.3 is 0 Å². The molecule has 1 aromatic heterocycles. The van der Waals surface area contributed by atoms with E-state index in [0.717, 1.165) is 48.3 Å². The van der Waals surface area contributed by atoms with Gasteiger partial charge in [0, 0.05) is 26.2 Å². The first kappa shape index (κ1) is 13.5. The van der Waals surface area contributed by atoms with Crippen LogP contribution in [0.3, 0.4) is 0 Å². The number of nitriles is 1. The Labute approximate surface area is 113 Å². The highest BCUT2D eigenvalue weighted by Gasteiger charge is 2.18. The second-order valence-electron chi connectivity index (χ2n) is 5.17. The lowest BCUT2D eigenvalue weighted by atomic mass is 10.1. The van der Waals surface area contributed by atoms with Crippen molar-refractivity contribution in [3.8, 4) is 6.07 Å². The lowest BCUT2D eigenvalue weighted by Crippen LogP contribution is -2.43. The summed E-state index contributed by atoms with van der Waals surface area (Å²) in [6, 6.07) is 2.27. The van der Waals surface area contributed by atoms with Gasteiger partial charge in [-0.15, -0.1) is 11.3 Å². The van der Waals surface area contributed by atoms with Gasteiger partial charge in [-0.25, -0.2) is 4.98 Å². The maximum atomic E-state index is 9.12. The number of rotatable bonds is 3. The molecule has 1 fully saturated rings. The monoisotopic (exact) mass is 264 g/mol. The highest BCUT2D eigenvalue weighted by atomic mass is 32.1. The highest BCUT2D eigenvalue weighted by molar-refractivity contribution is 7.12. The van der Waals surface area contributed by atoms with Crippen LogP contribution < -0.4 is 0 Å². The zero-order chi connectivity index (χ0) is 13.1. The fraction of sp³-hybridized carbons (Fsp3) is 0.692. The largest absolute Gasteiger partial charge is 0.304 e. The Morgan fingerprint density at radius 1 is 1.33 bits per heavy atom. The lowest BCUT2D eigenvalue weighted by molar-refractivity contribution is 0.148. The molecule has 0 atom stereocenters. The Hall–Kier alpha value is -0.960. The van der Waals surface area contributed by atoms with Crippen LogP contribution in [0, 0.1) is 11.3 Å². The second-order valence-corrected chi connectivity index (χ2v) is 6.25. The molecule has 0 bridgehead atoms. The predicted molar refractivity (Wildman–Crippen MR) is 73.7 cm³/mol. The molecule has 0 unspecified atom stereocenters. The van der Waals surface area contributed by atoms with E-state index in [0.29, 0.717) is 5.92 Å². The van der Waals surface area contributed by atoms with Crippen LogP contribution in [0.4, 0.5) is 0 Å². The number of hydrogen-bond acceptors (Lipinski definition) is 5. The predicted octanol–water partition coefficient (Wildman–Crippen LogP) is 1.89. The molecule has 0 aliphatic carbocycles. The molecule has 1 aliphatic rings. The summed E-state index contributed by atoms with van der Waals surface area (Å²) in [6.07, 6.45) is 0. The maximum Gasteiger partial charge on any atom is 0.128 e. The van der Waals surface area contributed by atoms with E-state index in [1.54, 1.807) is 11.3 Å². The summed E-state index contributed by atoms with van der Waals surface area (Å²) in [5.41, 5.74) is 0.964. The summed E-state index contributed by atoms with van der Waals surface area (Å²) >= 11 is 1.55. The third-order valence-electron chi connectivity index (χ3n) is 3.30. The Morgan fingerprint density at radius 3 is 2.50 bits per heavy atom. The van der Waals surface area contributed by atoms with E-state index in [9.17, 15) is 0 Å². The van der Waals surface area contributed by atoms with Gasteiger partial charge in [0.2, 0.25) is 0 Å². The molecule has 2 rings (SSSR count). The number of thiazole rings is 1. The average molecular weight is 264 g/mol. The van der Waals surface area contributed by atoms with Crippen molar-refractivity contribution in [2.75, 3.05) is 33.2 Å². The van der Waals surface area contributed by atoms with E-state index < -0.39 is 0 Å². The molecule has 1 aliphatic heterocycles.